The van der Waals surface area contributed by atoms with Crippen LogP contribution in [0.4, 0.5) is 0 Å². The smallest absolute Gasteiger partial charge is 0.236 e. The van der Waals surface area contributed by atoms with Gasteiger partial charge in [0.15, 0.2) is 0 Å². The van der Waals surface area contributed by atoms with Gasteiger partial charge in [-0.15, -0.1) is 0 Å². The van der Waals surface area contributed by atoms with Crippen LogP contribution in [-0.4, -0.2) is 29.7 Å². The number of nitrogens with one attached hydrogen (secondary N) is 1. The van der Waals surface area contributed by atoms with E-state index in [1.165, 1.54) is 0 Å². The van der Waals surface area contributed by atoms with Gasteiger partial charge in [-0.25, -0.2) is 0 Å². The first-order valence-corrected chi connectivity index (χ1v) is 3.78. The molecule has 4 nitrogen and oxygen atoms in total. The van der Waals surface area contributed by atoms with Gasteiger partial charge in [0, 0.05) is 0 Å². The van der Waals surface area contributed by atoms with Gasteiger partial charge >= 0.3 is 0 Å². The molecule has 0 radical (unpaired) electrons. The summed E-state index contributed by atoms with van der Waals surface area (Å²) in [6.45, 7) is 3.47. The Morgan fingerprint density at radius 3 is 2.55 bits per heavy atom. The fourth-order valence-corrected chi connectivity index (χ4v) is 0.609. The standard InChI is InChI=1S/C7H16N2O2/c1-3-6(4-10)9-7(11)5(2)8/h5-6,10H,3-4,8H2,1-2H3,(H,9,11)/t5-,6+/m1/s1. The van der Waals surface area contributed by atoms with Crippen molar-refractivity contribution in [3.8, 4) is 0 Å². The normalized spacial score (nSPS) is 15.6. The van der Waals surface area contributed by atoms with Gasteiger partial charge in [-0.1, -0.05) is 6.92 Å². The first-order valence-electron chi connectivity index (χ1n) is 3.78. The van der Waals surface area contributed by atoms with Crippen molar-refractivity contribution in [1.82, 2.24) is 5.32 Å². The van der Waals surface area contributed by atoms with Gasteiger partial charge < -0.3 is 16.2 Å². The predicted octanol–water partition coefficient (Wildman–Crippen LogP) is -0.779. The molecule has 0 spiro atoms. The van der Waals surface area contributed by atoms with Crippen molar-refractivity contribution in [2.45, 2.75) is 32.4 Å². The maximum absolute atomic E-state index is 10.9. The minimum atomic E-state index is -0.504. The maximum atomic E-state index is 10.9. The third-order valence-electron chi connectivity index (χ3n) is 1.47. The van der Waals surface area contributed by atoms with Gasteiger partial charge in [-0.3, -0.25) is 4.79 Å². The lowest BCUT2D eigenvalue weighted by molar-refractivity contribution is -0.123. The number of aliphatic hydroxyl groups excluding tert-OH is 1. The Bertz CT molecular complexity index is 122. The molecule has 1 amide bonds. The molecule has 4 N–H and O–H groups in total. The SMILES string of the molecule is CC[C@@H](CO)NC(=O)[C@@H](C)N. The van der Waals surface area contributed by atoms with E-state index in [4.69, 9.17) is 10.8 Å². The van der Waals surface area contributed by atoms with E-state index < -0.39 is 6.04 Å². The van der Waals surface area contributed by atoms with E-state index in [2.05, 4.69) is 5.32 Å². The van der Waals surface area contributed by atoms with Crippen LogP contribution in [0.5, 0.6) is 0 Å². The van der Waals surface area contributed by atoms with E-state index in [9.17, 15) is 4.79 Å². The molecule has 0 saturated carbocycles. The molecule has 0 aromatic heterocycles. The quantitative estimate of drug-likeness (QED) is 0.505. The van der Waals surface area contributed by atoms with E-state index in [0.29, 0.717) is 0 Å². The van der Waals surface area contributed by atoms with Crippen LogP contribution in [0.15, 0.2) is 0 Å². The Morgan fingerprint density at radius 2 is 2.27 bits per heavy atom. The lowest BCUT2D eigenvalue weighted by Gasteiger charge is -2.15. The number of carbonyl (C=O) groups is 1. The monoisotopic (exact) mass is 160 g/mol. The van der Waals surface area contributed by atoms with E-state index in [1.54, 1.807) is 6.92 Å². The minimum Gasteiger partial charge on any atom is -0.394 e. The summed E-state index contributed by atoms with van der Waals surface area (Å²) in [5.74, 6) is -0.217. The maximum Gasteiger partial charge on any atom is 0.236 e. The molecule has 4 heteroatoms. The minimum absolute atomic E-state index is 0.0328. The molecule has 0 bridgehead atoms. The average molecular weight is 160 g/mol. The Labute approximate surface area is 66.8 Å². The van der Waals surface area contributed by atoms with Crippen LogP contribution in [0, 0.1) is 0 Å². The van der Waals surface area contributed by atoms with Crippen molar-refractivity contribution in [1.29, 1.82) is 0 Å². The summed E-state index contributed by atoms with van der Waals surface area (Å²) in [5.41, 5.74) is 5.30. The van der Waals surface area contributed by atoms with E-state index in [-0.39, 0.29) is 18.6 Å². The number of rotatable bonds is 4. The average Bonchev–Trinajstić information content (AvgIpc) is 1.99. The third-order valence-corrected chi connectivity index (χ3v) is 1.47. The molecule has 0 aliphatic heterocycles. The number of aliphatic hydroxyl groups is 1. The lowest BCUT2D eigenvalue weighted by atomic mass is 10.2. The zero-order valence-corrected chi connectivity index (χ0v) is 7.00. The van der Waals surface area contributed by atoms with Gasteiger partial charge in [-0.2, -0.15) is 0 Å². The summed E-state index contributed by atoms with van der Waals surface area (Å²) in [4.78, 5) is 10.9. The van der Waals surface area contributed by atoms with Crippen LogP contribution in [-0.2, 0) is 4.79 Å². The van der Waals surface area contributed by atoms with Crippen LogP contribution in [0.25, 0.3) is 0 Å². The second kappa shape index (κ2) is 5.09. The Balaban J connectivity index is 3.72. The highest BCUT2D eigenvalue weighted by molar-refractivity contribution is 5.81. The summed E-state index contributed by atoms with van der Waals surface area (Å²) in [7, 11) is 0. The second-order valence-corrected chi connectivity index (χ2v) is 2.59. The van der Waals surface area contributed by atoms with E-state index >= 15 is 0 Å². The van der Waals surface area contributed by atoms with Crippen molar-refractivity contribution in [3.63, 3.8) is 0 Å². The molecule has 0 aromatic rings. The lowest BCUT2D eigenvalue weighted by Crippen LogP contribution is -2.45. The molecule has 0 aromatic carbocycles. The highest BCUT2D eigenvalue weighted by Gasteiger charge is 2.11. The van der Waals surface area contributed by atoms with E-state index in [1.807, 2.05) is 6.92 Å². The van der Waals surface area contributed by atoms with Gasteiger partial charge in [0.2, 0.25) is 5.91 Å². The molecule has 0 saturated heterocycles. The first-order chi connectivity index (χ1) is 5.11. The van der Waals surface area contributed by atoms with Crippen molar-refractivity contribution in [2.24, 2.45) is 5.73 Å². The molecule has 0 aliphatic carbocycles. The summed E-state index contributed by atoms with van der Waals surface area (Å²) < 4.78 is 0. The third kappa shape index (κ3) is 3.95. The number of hydrogen-bond acceptors (Lipinski definition) is 3. The van der Waals surface area contributed by atoms with Gasteiger partial charge in [0.1, 0.15) is 0 Å². The van der Waals surface area contributed by atoms with Crippen LogP contribution >= 0.6 is 0 Å². The zero-order valence-electron chi connectivity index (χ0n) is 7.00. The summed E-state index contributed by atoms with van der Waals surface area (Å²) in [6, 6.07) is -0.663. The second-order valence-electron chi connectivity index (χ2n) is 2.59. The van der Waals surface area contributed by atoms with Crippen molar-refractivity contribution in [3.05, 3.63) is 0 Å². The molecule has 0 aliphatic rings. The van der Waals surface area contributed by atoms with Gasteiger partial charge in [0.25, 0.3) is 0 Å². The van der Waals surface area contributed by atoms with Crippen molar-refractivity contribution in [2.75, 3.05) is 6.61 Å². The molecule has 0 rings (SSSR count). The fourth-order valence-electron chi connectivity index (χ4n) is 0.609. The van der Waals surface area contributed by atoms with E-state index in [0.717, 1.165) is 6.42 Å². The largest absolute Gasteiger partial charge is 0.394 e. The Morgan fingerprint density at radius 1 is 1.73 bits per heavy atom. The molecular weight excluding hydrogens is 144 g/mol. The molecule has 0 heterocycles. The summed E-state index contributed by atoms with van der Waals surface area (Å²) in [5, 5.41) is 11.3. The van der Waals surface area contributed by atoms with Crippen molar-refractivity contribution < 1.29 is 9.90 Å². The highest BCUT2D eigenvalue weighted by atomic mass is 16.3. The summed E-state index contributed by atoms with van der Waals surface area (Å²) in [6.07, 6.45) is 0.717. The number of nitrogens with two attached hydrogens (primary N) is 1. The predicted molar refractivity (Wildman–Crippen MR) is 43.0 cm³/mol. The van der Waals surface area contributed by atoms with Gasteiger partial charge in [-0.05, 0) is 13.3 Å². The van der Waals surface area contributed by atoms with Crippen LogP contribution < -0.4 is 11.1 Å². The highest BCUT2D eigenvalue weighted by Crippen LogP contribution is 1.89. The Kier molecular flexibility index (Phi) is 4.81. The van der Waals surface area contributed by atoms with Crippen LogP contribution in [0.3, 0.4) is 0 Å². The first kappa shape index (κ1) is 10.4. The molecule has 0 fully saturated rings. The Hall–Kier alpha value is -0.610. The zero-order chi connectivity index (χ0) is 8.85. The molecule has 2 atom stereocenters. The fraction of sp³-hybridized carbons (Fsp3) is 0.857. The van der Waals surface area contributed by atoms with Crippen molar-refractivity contribution >= 4 is 5.91 Å². The number of carbonyl (C=O) groups excluding carboxylic acids is 1. The van der Waals surface area contributed by atoms with Crippen LogP contribution in [0.2, 0.25) is 0 Å². The summed E-state index contributed by atoms with van der Waals surface area (Å²) >= 11 is 0. The molecule has 11 heavy (non-hydrogen) atoms. The number of hydrogen-bond donors (Lipinski definition) is 3. The topological polar surface area (TPSA) is 75.3 Å². The molecule has 0 unspecified atom stereocenters. The van der Waals surface area contributed by atoms with Gasteiger partial charge in [0.05, 0.1) is 18.7 Å². The molecule has 66 valence electrons. The number of amides is 1. The van der Waals surface area contributed by atoms with Crippen LogP contribution in [0.1, 0.15) is 20.3 Å². The molecular formula is C7H16N2O2.